The van der Waals surface area contributed by atoms with Crippen molar-refractivity contribution in [2.45, 2.75) is 123 Å². The molecule has 2 radical (unpaired) electrons. The molecule has 2 amide bonds. The Morgan fingerprint density at radius 2 is 1.86 bits per heavy atom. The van der Waals surface area contributed by atoms with Gasteiger partial charge in [0, 0.05) is 51.3 Å². The number of unbranched alkanes of at least 4 members (excludes halogenated alkanes) is 1. The van der Waals surface area contributed by atoms with Crippen LogP contribution in [0.5, 0.6) is 0 Å². The van der Waals surface area contributed by atoms with E-state index in [1.54, 1.807) is 21.4 Å². The molecule has 1 aromatic heterocycles. The Bertz CT molecular complexity index is 1520. The molecule has 2 aromatic rings. The van der Waals surface area contributed by atoms with Crippen LogP contribution >= 0.6 is 0 Å². The van der Waals surface area contributed by atoms with Gasteiger partial charge in [-0.05, 0) is 83.2 Å². The van der Waals surface area contributed by atoms with Gasteiger partial charge in [0.05, 0.1) is 31.7 Å². The SMILES string of the molecule is [B][C@H](CC(=O)[C@@H](C)C(=O)O)[C@](C)(C[C@@H](C)CN(C(C)=O)[C@H](C)[C@H]1N(CCCCn2cc(-c3cccc(N)c3)nn2)C(=O)O[C@]1(C)[C@H](C)CC)OC. The molecule has 0 aliphatic carbocycles. The van der Waals surface area contributed by atoms with E-state index in [4.69, 9.17) is 23.1 Å². The number of anilines is 1. The second-order valence-corrected chi connectivity index (χ2v) is 14.8. The standard InChI is InChI=1S/C37H57BN6O7/c1-10-24(3)37(8)33(43(35(49)51-37)17-12-11-16-42-22-30(40-41-42)28-14-13-15-29(39)18-28)26(5)44(27(6)45)21-23(2)20-36(7,50-9)32(38)19-31(46)25(4)34(47)48/h13-15,18,22-26,32-33H,10-12,16-17,19-21,39H2,1-9H3,(H,47,48)/t23-,24-,25-,26-,32-,33-,36+,37-/m1/s1. The van der Waals surface area contributed by atoms with Gasteiger partial charge in [-0.25, -0.2) is 4.79 Å². The van der Waals surface area contributed by atoms with Crippen LogP contribution in [0.25, 0.3) is 11.3 Å². The maximum atomic E-state index is 13.5. The van der Waals surface area contributed by atoms with Crippen LogP contribution in [0.15, 0.2) is 30.5 Å². The van der Waals surface area contributed by atoms with Crippen LogP contribution in [0.4, 0.5) is 10.5 Å². The third-order valence-electron chi connectivity index (χ3n) is 11.0. The second kappa shape index (κ2) is 17.5. The summed E-state index contributed by atoms with van der Waals surface area (Å²) in [7, 11) is 7.97. The van der Waals surface area contributed by atoms with Gasteiger partial charge in [0.25, 0.3) is 0 Å². The molecule has 51 heavy (non-hydrogen) atoms. The van der Waals surface area contributed by atoms with Crippen molar-refractivity contribution >= 4 is 37.3 Å². The highest BCUT2D eigenvalue weighted by atomic mass is 16.6. The van der Waals surface area contributed by atoms with E-state index in [-0.39, 0.29) is 24.2 Å². The lowest BCUT2D eigenvalue weighted by atomic mass is 9.67. The predicted octanol–water partition coefficient (Wildman–Crippen LogP) is 5.24. The molecule has 0 spiro atoms. The molecule has 1 aromatic carbocycles. The molecular weight excluding hydrogens is 651 g/mol. The van der Waals surface area contributed by atoms with Crippen molar-refractivity contribution in [3.05, 3.63) is 30.5 Å². The third kappa shape index (κ3) is 9.90. The Kier molecular flexibility index (Phi) is 14.3. The van der Waals surface area contributed by atoms with E-state index in [1.165, 1.54) is 21.0 Å². The van der Waals surface area contributed by atoms with Gasteiger partial charge in [-0.2, -0.15) is 0 Å². The molecule has 13 nitrogen and oxygen atoms in total. The normalized spacial score (nSPS) is 21.6. The highest BCUT2D eigenvalue weighted by molar-refractivity contribution is 6.15. The number of carbonyl (C=O) groups excluding carboxylic acids is 3. The smallest absolute Gasteiger partial charge is 0.410 e. The maximum absolute atomic E-state index is 13.5. The number of amides is 2. The van der Waals surface area contributed by atoms with Crippen LogP contribution in [0.3, 0.4) is 0 Å². The minimum Gasteiger partial charge on any atom is -0.481 e. The van der Waals surface area contributed by atoms with Crippen LogP contribution in [0, 0.1) is 17.8 Å². The Morgan fingerprint density at radius 3 is 2.45 bits per heavy atom. The first-order valence-corrected chi connectivity index (χ1v) is 18.0. The number of rotatable bonds is 20. The molecule has 8 atom stereocenters. The fourth-order valence-electron chi connectivity index (χ4n) is 7.27. The zero-order valence-corrected chi connectivity index (χ0v) is 31.8. The molecule has 1 aliphatic heterocycles. The van der Waals surface area contributed by atoms with E-state index in [9.17, 15) is 24.3 Å². The largest absolute Gasteiger partial charge is 0.481 e. The number of nitrogen functional groups attached to an aromatic ring is 1. The lowest BCUT2D eigenvalue weighted by Crippen LogP contribution is -2.60. The molecule has 0 saturated carbocycles. The first-order chi connectivity index (χ1) is 23.9. The Morgan fingerprint density at radius 1 is 1.20 bits per heavy atom. The van der Waals surface area contributed by atoms with Crippen molar-refractivity contribution in [3.63, 3.8) is 0 Å². The molecule has 14 heteroatoms. The van der Waals surface area contributed by atoms with Gasteiger partial charge < -0.3 is 25.2 Å². The third-order valence-corrected chi connectivity index (χ3v) is 11.0. The average molecular weight is 709 g/mol. The number of nitrogens with zero attached hydrogens (tertiary/aromatic N) is 5. The number of methoxy groups -OCH3 is 1. The number of carboxylic acid groups (broad SMARTS) is 1. The molecule has 0 bridgehead atoms. The molecule has 1 fully saturated rings. The number of Topliss-reactive ketones (excluding diaryl/α,β-unsaturated/α-hetero) is 1. The van der Waals surface area contributed by atoms with Crippen molar-refractivity contribution < 1.29 is 33.8 Å². The van der Waals surface area contributed by atoms with Gasteiger partial charge in [0.15, 0.2) is 0 Å². The number of nitrogens with two attached hydrogens (primary N) is 1. The number of aliphatic carboxylic acids is 1. The molecule has 1 aliphatic rings. The summed E-state index contributed by atoms with van der Waals surface area (Å²) in [4.78, 5) is 54.3. The Labute approximate surface area is 304 Å². The van der Waals surface area contributed by atoms with Crippen LogP contribution in [-0.4, -0.2) is 105 Å². The number of aryl methyl sites for hydroxylation is 1. The summed E-state index contributed by atoms with van der Waals surface area (Å²) in [5, 5.41) is 17.8. The zero-order chi connectivity index (χ0) is 38.3. The zero-order valence-electron chi connectivity index (χ0n) is 31.8. The first-order valence-electron chi connectivity index (χ1n) is 18.0. The van der Waals surface area contributed by atoms with E-state index < -0.39 is 52.9 Å². The van der Waals surface area contributed by atoms with E-state index in [2.05, 4.69) is 24.2 Å². The van der Waals surface area contributed by atoms with Crippen molar-refractivity contribution in [2.24, 2.45) is 17.8 Å². The number of aromatic nitrogens is 3. The Balaban J connectivity index is 1.74. The topological polar surface area (TPSA) is 170 Å². The van der Waals surface area contributed by atoms with Gasteiger partial charge in [-0.3, -0.25) is 24.0 Å². The minimum absolute atomic E-state index is 0.0197. The van der Waals surface area contributed by atoms with Gasteiger partial charge in [-0.1, -0.05) is 38.1 Å². The van der Waals surface area contributed by atoms with E-state index in [0.717, 1.165) is 24.1 Å². The maximum Gasteiger partial charge on any atom is 0.410 e. The fraction of sp³-hybridized carbons (Fsp3) is 0.676. The van der Waals surface area contributed by atoms with E-state index >= 15 is 0 Å². The first kappa shape index (κ1) is 41.5. The van der Waals surface area contributed by atoms with Crippen molar-refractivity contribution in [1.82, 2.24) is 24.8 Å². The number of ether oxygens (including phenoxy) is 2. The Hall–Kier alpha value is -3.94. The van der Waals surface area contributed by atoms with Crippen LogP contribution < -0.4 is 5.73 Å². The van der Waals surface area contributed by atoms with Gasteiger partial charge >= 0.3 is 12.1 Å². The second-order valence-electron chi connectivity index (χ2n) is 14.8. The molecule has 1 saturated heterocycles. The summed E-state index contributed by atoms with van der Waals surface area (Å²) in [5.41, 5.74) is 6.40. The quantitative estimate of drug-likeness (QED) is 0.0803. The monoisotopic (exact) mass is 708 g/mol. The predicted molar refractivity (Wildman–Crippen MR) is 196 cm³/mol. The number of carbonyl (C=O) groups is 4. The number of hydrogen-bond donors (Lipinski definition) is 2. The summed E-state index contributed by atoms with van der Waals surface area (Å²) >= 11 is 0. The molecule has 2 heterocycles. The minimum atomic E-state index is -1.20. The highest BCUT2D eigenvalue weighted by Gasteiger charge is 2.56. The number of carboxylic acids is 1. The fourth-order valence-corrected chi connectivity index (χ4v) is 7.27. The summed E-state index contributed by atoms with van der Waals surface area (Å²) in [6.45, 7) is 16.1. The summed E-state index contributed by atoms with van der Waals surface area (Å²) in [5.74, 6) is -3.84. The number of hydrogen-bond acceptors (Lipinski definition) is 9. The average Bonchev–Trinajstić information content (AvgIpc) is 3.65. The van der Waals surface area contributed by atoms with E-state index in [0.29, 0.717) is 38.2 Å². The molecule has 0 unspecified atom stereocenters. The van der Waals surface area contributed by atoms with Gasteiger partial charge in [0.1, 0.15) is 23.0 Å². The molecule has 280 valence electrons. The highest BCUT2D eigenvalue weighted by Crippen LogP contribution is 2.41. The van der Waals surface area contributed by atoms with Gasteiger partial charge in [0.2, 0.25) is 5.91 Å². The summed E-state index contributed by atoms with van der Waals surface area (Å²) in [6.07, 6.45) is 3.94. The van der Waals surface area contributed by atoms with Crippen LogP contribution in [0.2, 0.25) is 5.82 Å². The van der Waals surface area contributed by atoms with Crippen molar-refractivity contribution in [1.29, 1.82) is 0 Å². The summed E-state index contributed by atoms with van der Waals surface area (Å²) < 4.78 is 13.8. The van der Waals surface area contributed by atoms with E-state index in [1.807, 2.05) is 51.2 Å². The van der Waals surface area contributed by atoms with Gasteiger partial charge in [-0.15, -0.1) is 5.10 Å². The van der Waals surface area contributed by atoms with Crippen LogP contribution in [-0.2, 0) is 30.4 Å². The molecular formula is C37H57BN6O7. The molecule has 3 N–H and O–H groups in total. The molecule has 3 rings (SSSR count). The lowest BCUT2D eigenvalue weighted by molar-refractivity contribution is -0.146. The number of ketones is 1. The number of benzene rings is 1. The van der Waals surface area contributed by atoms with Crippen molar-refractivity contribution in [2.75, 3.05) is 25.9 Å². The summed E-state index contributed by atoms with van der Waals surface area (Å²) in [6, 6.07) is 6.67. The lowest BCUT2D eigenvalue weighted by Gasteiger charge is -2.44. The van der Waals surface area contributed by atoms with Crippen molar-refractivity contribution in [3.8, 4) is 11.3 Å². The van der Waals surface area contributed by atoms with Crippen LogP contribution in [0.1, 0.15) is 87.5 Å². The number of cyclic esters (lactones) is 1.